The predicted molar refractivity (Wildman–Crippen MR) is 78.1 cm³/mol. The van der Waals surface area contributed by atoms with E-state index in [4.69, 9.17) is 0 Å². The number of aromatic nitrogens is 2. The van der Waals surface area contributed by atoms with Gasteiger partial charge in [-0.05, 0) is 13.8 Å². The summed E-state index contributed by atoms with van der Waals surface area (Å²) in [6, 6.07) is 0. The molecule has 0 aromatic carbocycles. The molecule has 0 aliphatic rings. The summed E-state index contributed by atoms with van der Waals surface area (Å²) in [6.45, 7) is 12.8. The van der Waals surface area contributed by atoms with Gasteiger partial charge in [0.2, 0.25) is 5.91 Å². The van der Waals surface area contributed by atoms with Crippen LogP contribution in [0, 0.1) is 13.8 Å². The van der Waals surface area contributed by atoms with Crippen LogP contribution in [-0.4, -0.2) is 40.2 Å². The molecule has 0 unspecified atom stereocenters. The van der Waals surface area contributed by atoms with Gasteiger partial charge in [0.25, 0.3) is 0 Å². The van der Waals surface area contributed by atoms with E-state index in [-0.39, 0.29) is 5.91 Å². The number of hydrogen-bond acceptors (Lipinski definition) is 3. The van der Waals surface area contributed by atoms with Crippen molar-refractivity contribution in [3.63, 3.8) is 0 Å². The Morgan fingerprint density at radius 2 is 1.95 bits per heavy atom. The number of carbonyl (C=O) groups excluding carboxylic acids is 1. The van der Waals surface area contributed by atoms with Gasteiger partial charge in [0.15, 0.2) is 0 Å². The lowest BCUT2D eigenvalue weighted by molar-refractivity contribution is -0.117. The molecule has 0 spiro atoms. The molecule has 0 saturated carbocycles. The average Bonchev–Trinajstić information content (AvgIpc) is 2.57. The number of carbonyl (C=O) groups is 1. The second-order valence-electron chi connectivity index (χ2n) is 4.49. The van der Waals surface area contributed by atoms with Crippen molar-refractivity contribution < 1.29 is 4.79 Å². The summed E-state index contributed by atoms with van der Waals surface area (Å²) in [7, 11) is 1.86. The highest BCUT2D eigenvalue weighted by Crippen LogP contribution is 2.18. The van der Waals surface area contributed by atoms with Gasteiger partial charge in [-0.3, -0.25) is 14.4 Å². The first-order chi connectivity index (χ1) is 8.99. The minimum Gasteiger partial charge on any atom is -0.322 e. The number of nitrogens with one attached hydrogen (secondary N) is 1. The lowest BCUT2D eigenvalue weighted by Gasteiger charge is -2.18. The molecule has 5 heteroatoms. The van der Waals surface area contributed by atoms with Crippen molar-refractivity contribution in [2.24, 2.45) is 7.05 Å². The molecular formula is C14H22N4O. The van der Waals surface area contributed by atoms with Crippen LogP contribution in [0.3, 0.4) is 0 Å². The van der Waals surface area contributed by atoms with Gasteiger partial charge in [-0.1, -0.05) is 12.2 Å². The first-order valence-corrected chi connectivity index (χ1v) is 6.23. The zero-order chi connectivity index (χ0) is 14.4. The molecule has 0 aliphatic heterocycles. The van der Waals surface area contributed by atoms with Crippen LogP contribution in [-0.2, 0) is 11.8 Å². The zero-order valence-electron chi connectivity index (χ0n) is 11.9. The van der Waals surface area contributed by atoms with Gasteiger partial charge in [-0.15, -0.1) is 13.2 Å². The Labute approximate surface area is 114 Å². The lowest BCUT2D eigenvalue weighted by Crippen LogP contribution is -2.33. The van der Waals surface area contributed by atoms with Crippen molar-refractivity contribution in [2.75, 3.05) is 25.0 Å². The third-order valence-electron chi connectivity index (χ3n) is 2.92. The van der Waals surface area contributed by atoms with E-state index < -0.39 is 0 Å². The second-order valence-corrected chi connectivity index (χ2v) is 4.49. The van der Waals surface area contributed by atoms with E-state index in [1.807, 2.05) is 25.8 Å². The normalized spacial score (nSPS) is 10.5. The molecule has 1 aromatic rings. The summed E-state index contributed by atoms with van der Waals surface area (Å²) in [4.78, 5) is 14.0. The van der Waals surface area contributed by atoms with Gasteiger partial charge in [0, 0.05) is 20.1 Å². The summed E-state index contributed by atoms with van der Waals surface area (Å²) in [5.74, 6) is -0.0529. The van der Waals surface area contributed by atoms with Crippen LogP contribution in [0.1, 0.15) is 11.4 Å². The van der Waals surface area contributed by atoms with Gasteiger partial charge >= 0.3 is 0 Å². The van der Waals surface area contributed by atoms with E-state index in [2.05, 4.69) is 23.6 Å². The van der Waals surface area contributed by atoms with Crippen molar-refractivity contribution in [2.45, 2.75) is 13.8 Å². The number of nitrogens with zero attached hydrogens (tertiary/aromatic N) is 3. The summed E-state index contributed by atoms with van der Waals surface area (Å²) in [5.41, 5.74) is 2.57. The summed E-state index contributed by atoms with van der Waals surface area (Å²) < 4.78 is 1.76. The maximum absolute atomic E-state index is 12.0. The number of aryl methyl sites for hydroxylation is 2. The average molecular weight is 262 g/mol. The molecule has 1 amide bonds. The highest BCUT2D eigenvalue weighted by atomic mass is 16.2. The molecule has 0 fully saturated rings. The van der Waals surface area contributed by atoms with E-state index >= 15 is 0 Å². The number of anilines is 1. The second kappa shape index (κ2) is 6.89. The van der Waals surface area contributed by atoms with Gasteiger partial charge < -0.3 is 5.32 Å². The van der Waals surface area contributed by atoms with Gasteiger partial charge in [-0.25, -0.2) is 0 Å². The molecular weight excluding hydrogens is 240 g/mol. The Bertz CT molecular complexity index is 466. The van der Waals surface area contributed by atoms with E-state index in [1.54, 1.807) is 16.8 Å². The maximum Gasteiger partial charge on any atom is 0.238 e. The SMILES string of the molecule is C=CCN(CC=C)CC(=O)Nc1c(C)nn(C)c1C. The van der Waals surface area contributed by atoms with E-state index in [1.165, 1.54) is 0 Å². The molecule has 19 heavy (non-hydrogen) atoms. The molecule has 0 aliphatic carbocycles. The zero-order valence-corrected chi connectivity index (χ0v) is 11.9. The smallest absolute Gasteiger partial charge is 0.238 e. The molecule has 1 heterocycles. The first-order valence-electron chi connectivity index (χ1n) is 6.23. The molecule has 1 aromatic heterocycles. The standard InChI is InChI=1S/C14H22N4O/c1-6-8-18(9-7-2)10-13(19)15-14-11(3)16-17(5)12(14)4/h6-7H,1-2,8-10H2,3-5H3,(H,15,19). The first kappa shape index (κ1) is 15.2. The van der Waals surface area contributed by atoms with E-state index in [0.29, 0.717) is 19.6 Å². The van der Waals surface area contributed by atoms with Crippen molar-refractivity contribution in [3.8, 4) is 0 Å². The fraction of sp³-hybridized carbons (Fsp3) is 0.429. The van der Waals surface area contributed by atoms with Crippen molar-refractivity contribution in [3.05, 3.63) is 36.7 Å². The molecule has 0 radical (unpaired) electrons. The predicted octanol–water partition coefficient (Wildman–Crippen LogP) is 1.65. The van der Waals surface area contributed by atoms with Crippen LogP contribution in [0.4, 0.5) is 5.69 Å². The van der Waals surface area contributed by atoms with Crippen LogP contribution in [0.15, 0.2) is 25.3 Å². The topological polar surface area (TPSA) is 50.2 Å². The molecule has 1 rings (SSSR count). The van der Waals surface area contributed by atoms with Crippen molar-refractivity contribution in [1.29, 1.82) is 0 Å². The molecule has 0 bridgehead atoms. The van der Waals surface area contributed by atoms with Crippen LogP contribution in [0.25, 0.3) is 0 Å². The fourth-order valence-electron chi connectivity index (χ4n) is 1.91. The number of rotatable bonds is 7. The third-order valence-corrected chi connectivity index (χ3v) is 2.92. The molecule has 0 saturated heterocycles. The van der Waals surface area contributed by atoms with Crippen LogP contribution in [0.5, 0.6) is 0 Å². The van der Waals surface area contributed by atoms with Crippen LogP contribution < -0.4 is 5.32 Å². The third kappa shape index (κ3) is 4.06. The van der Waals surface area contributed by atoms with Crippen LogP contribution in [0.2, 0.25) is 0 Å². The molecule has 1 N–H and O–H groups in total. The minimum atomic E-state index is -0.0529. The van der Waals surface area contributed by atoms with Crippen molar-refractivity contribution >= 4 is 11.6 Å². The van der Waals surface area contributed by atoms with Crippen LogP contribution >= 0.6 is 0 Å². The Balaban J connectivity index is 2.68. The quantitative estimate of drug-likeness (QED) is 0.760. The van der Waals surface area contributed by atoms with Gasteiger partial charge in [0.05, 0.1) is 23.6 Å². The Morgan fingerprint density at radius 1 is 1.37 bits per heavy atom. The summed E-state index contributed by atoms with van der Waals surface area (Å²) in [5, 5.41) is 7.19. The van der Waals surface area contributed by atoms with Crippen molar-refractivity contribution in [1.82, 2.24) is 14.7 Å². The van der Waals surface area contributed by atoms with Gasteiger partial charge in [0.1, 0.15) is 0 Å². The summed E-state index contributed by atoms with van der Waals surface area (Å²) in [6.07, 6.45) is 3.55. The van der Waals surface area contributed by atoms with E-state index in [9.17, 15) is 4.79 Å². The van der Waals surface area contributed by atoms with Gasteiger partial charge in [-0.2, -0.15) is 5.10 Å². The largest absolute Gasteiger partial charge is 0.322 e. The fourth-order valence-corrected chi connectivity index (χ4v) is 1.91. The highest BCUT2D eigenvalue weighted by Gasteiger charge is 2.14. The highest BCUT2D eigenvalue weighted by molar-refractivity contribution is 5.93. The monoisotopic (exact) mass is 262 g/mol. The minimum absolute atomic E-state index is 0.0529. The maximum atomic E-state index is 12.0. The number of hydrogen-bond donors (Lipinski definition) is 1. The van der Waals surface area contributed by atoms with E-state index in [0.717, 1.165) is 17.1 Å². The Morgan fingerprint density at radius 3 is 2.37 bits per heavy atom. The molecule has 104 valence electrons. The Hall–Kier alpha value is -1.88. The lowest BCUT2D eigenvalue weighted by atomic mass is 10.3. The molecule has 0 atom stereocenters. The summed E-state index contributed by atoms with van der Waals surface area (Å²) >= 11 is 0. The Kier molecular flexibility index (Phi) is 5.51. The molecule has 5 nitrogen and oxygen atoms in total. The number of amides is 1.